The van der Waals surface area contributed by atoms with E-state index >= 15 is 0 Å². The molecule has 7 heavy (non-hydrogen) atoms. The predicted octanol–water partition coefficient (Wildman–Crippen LogP) is 2.01. The molecule has 0 atom stereocenters. The highest BCUT2D eigenvalue weighted by Gasteiger charge is 2.26. The first-order valence-corrected chi connectivity index (χ1v) is 2.43. The third-order valence-corrected chi connectivity index (χ3v) is 1.30. The zero-order valence-electron chi connectivity index (χ0n) is 3.95. The summed E-state index contributed by atoms with van der Waals surface area (Å²) in [5.74, 6) is 0.444. The van der Waals surface area contributed by atoms with E-state index < -0.39 is 6.43 Å². The van der Waals surface area contributed by atoms with Crippen LogP contribution in [0.5, 0.6) is 0 Å². The number of hydrogen-bond donors (Lipinski definition) is 0. The van der Waals surface area contributed by atoms with Crippen molar-refractivity contribution in [2.75, 3.05) is 0 Å². The summed E-state index contributed by atoms with van der Waals surface area (Å²) in [7, 11) is 0. The molecule has 0 N–H and O–H groups in total. The van der Waals surface area contributed by atoms with Crippen LogP contribution in [0.2, 0.25) is 0 Å². The number of hydrogen-bond acceptors (Lipinski definition) is 0. The van der Waals surface area contributed by atoms with Crippen molar-refractivity contribution in [1.82, 2.24) is 0 Å². The minimum absolute atomic E-state index is 0.444. The first kappa shape index (κ1) is 5.01. The van der Waals surface area contributed by atoms with Crippen LogP contribution in [0.1, 0.15) is 19.3 Å². The Morgan fingerprint density at radius 2 is 1.86 bits per heavy atom. The predicted molar refractivity (Wildman–Crippen MR) is 23.1 cm³/mol. The van der Waals surface area contributed by atoms with Crippen LogP contribution in [0.15, 0.2) is 0 Å². The molecule has 0 nitrogen and oxygen atoms in total. The fourth-order valence-corrected chi connectivity index (χ4v) is 0.599. The highest BCUT2D eigenvalue weighted by molar-refractivity contribution is 5.00. The van der Waals surface area contributed by atoms with Gasteiger partial charge in [0.1, 0.15) is 0 Å². The van der Waals surface area contributed by atoms with E-state index in [1.165, 1.54) is 0 Å². The van der Waals surface area contributed by atoms with Gasteiger partial charge in [-0.05, 0) is 12.8 Å². The largest absolute Gasteiger partial charge is 0.244 e. The highest BCUT2D eigenvalue weighted by atomic mass is 19.3. The van der Waals surface area contributed by atoms with Gasteiger partial charge in [0.25, 0.3) is 0 Å². The van der Waals surface area contributed by atoms with Gasteiger partial charge in [-0.25, -0.2) is 8.78 Å². The zero-order chi connectivity index (χ0) is 5.28. The lowest BCUT2D eigenvalue weighted by Gasteiger charge is -2.22. The van der Waals surface area contributed by atoms with E-state index in [-0.39, 0.29) is 0 Å². The van der Waals surface area contributed by atoms with Gasteiger partial charge in [0, 0.05) is 5.92 Å². The van der Waals surface area contributed by atoms with Crippen LogP contribution in [0.3, 0.4) is 0 Å². The van der Waals surface area contributed by atoms with E-state index in [0.717, 1.165) is 6.42 Å². The smallest absolute Gasteiger partial charge is 0.210 e. The van der Waals surface area contributed by atoms with Crippen molar-refractivity contribution in [1.29, 1.82) is 0 Å². The fraction of sp³-hybridized carbons (Fsp3) is 0.800. The second-order valence-electron chi connectivity index (χ2n) is 1.81. The first-order chi connectivity index (χ1) is 3.30. The van der Waals surface area contributed by atoms with Gasteiger partial charge in [-0.2, -0.15) is 0 Å². The Bertz CT molecular complexity index is 57.1. The van der Waals surface area contributed by atoms with E-state index in [1.54, 1.807) is 0 Å². The van der Waals surface area contributed by atoms with Gasteiger partial charge in [0.15, 0.2) is 0 Å². The lowest BCUT2D eigenvalue weighted by Crippen LogP contribution is -2.16. The van der Waals surface area contributed by atoms with Crippen LogP contribution in [0, 0.1) is 5.92 Å². The average molecular weight is 105 g/mol. The minimum atomic E-state index is -2.13. The molecule has 1 rings (SSSR count). The molecule has 0 aromatic heterocycles. The summed E-state index contributed by atoms with van der Waals surface area (Å²) >= 11 is 0. The van der Waals surface area contributed by atoms with E-state index in [2.05, 4.69) is 0 Å². The maximum atomic E-state index is 11.4. The molecule has 0 spiro atoms. The average Bonchev–Trinajstić information content (AvgIpc) is 1.23. The molecule has 0 saturated heterocycles. The number of rotatable bonds is 1. The third kappa shape index (κ3) is 0.898. The molecule has 2 heteroatoms. The third-order valence-electron chi connectivity index (χ3n) is 1.30. The van der Waals surface area contributed by atoms with Crippen LogP contribution >= 0.6 is 0 Å². The number of alkyl halides is 2. The van der Waals surface area contributed by atoms with E-state index in [1.807, 2.05) is 0 Å². The molecular weight excluding hydrogens is 98.1 g/mol. The molecule has 1 saturated carbocycles. The summed E-state index contributed by atoms with van der Waals surface area (Å²) in [6.07, 6.45) is 0.170. The van der Waals surface area contributed by atoms with Gasteiger partial charge >= 0.3 is 0 Å². The molecule has 0 unspecified atom stereocenters. The molecule has 0 aliphatic heterocycles. The van der Waals surface area contributed by atoms with Crippen molar-refractivity contribution >= 4 is 0 Å². The standard InChI is InChI=1S/C5H7F2/c6-5(7)4-2-1-3-4/h5H,1-3H2. The molecule has 1 aliphatic carbocycles. The maximum Gasteiger partial charge on any atom is 0.244 e. The Balaban J connectivity index is 2.14. The Morgan fingerprint density at radius 3 is 1.86 bits per heavy atom. The van der Waals surface area contributed by atoms with Crippen LogP contribution in [0.25, 0.3) is 0 Å². The van der Waals surface area contributed by atoms with Crippen LogP contribution < -0.4 is 0 Å². The van der Waals surface area contributed by atoms with Gasteiger partial charge in [-0.15, -0.1) is 0 Å². The van der Waals surface area contributed by atoms with Crippen molar-refractivity contribution in [3.05, 3.63) is 5.92 Å². The Labute approximate surface area is 41.5 Å². The summed E-state index contributed by atoms with van der Waals surface area (Å²) in [5, 5.41) is 0. The van der Waals surface area contributed by atoms with Crippen molar-refractivity contribution in [2.45, 2.75) is 25.7 Å². The second kappa shape index (κ2) is 1.76. The second-order valence-corrected chi connectivity index (χ2v) is 1.81. The van der Waals surface area contributed by atoms with Gasteiger partial charge in [0.05, 0.1) is 0 Å². The van der Waals surface area contributed by atoms with Crippen molar-refractivity contribution < 1.29 is 8.78 Å². The molecule has 0 bridgehead atoms. The monoisotopic (exact) mass is 105 g/mol. The van der Waals surface area contributed by atoms with Gasteiger partial charge in [0.2, 0.25) is 6.43 Å². The van der Waals surface area contributed by atoms with Gasteiger partial charge < -0.3 is 0 Å². The van der Waals surface area contributed by atoms with Gasteiger partial charge in [-0.3, -0.25) is 0 Å². The summed E-state index contributed by atoms with van der Waals surface area (Å²) in [5.41, 5.74) is 0. The lowest BCUT2D eigenvalue weighted by atomic mass is 9.86. The Kier molecular flexibility index (Phi) is 1.26. The van der Waals surface area contributed by atoms with Gasteiger partial charge in [-0.1, -0.05) is 6.42 Å². The molecule has 1 fully saturated rings. The molecule has 0 aromatic carbocycles. The van der Waals surface area contributed by atoms with Crippen molar-refractivity contribution in [3.8, 4) is 0 Å². The molecule has 0 amide bonds. The summed E-state index contributed by atoms with van der Waals surface area (Å²) in [6.45, 7) is 0. The highest BCUT2D eigenvalue weighted by Crippen LogP contribution is 2.33. The summed E-state index contributed by atoms with van der Waals surface area (Å²) < 4.78 is 22.9. The van der Waals surface area contributed by atoms with E-state index in [0.29, 0.717) is 18.8 Å². The number of halogens is 2. The maximum absolute atomic E-state index is 11.4. The Hall–Kier alpha value is -0.140. The Morgan fingerprint density at radius 1 is 1.29 bits per heavy atom. The lowest BCUT2D eigenvalue weighted by molar-refractivity contribution is 0.132. The summed E-state index contributed by atoms with van der Waals surface area (Å²) in [6, 6.07) is 0. The van der Waals surface area contributed by atoms with Crippen LogP contribution in [-0.2, 0) is 0 Å². The zero-order valence-corrected chi connectivity index (χ0v) is 3.95. The van der Waals surface area contributed by atoms with Crippen LogP contribution in [-0.4, -0.2) is 6.43 Å². The first-order valence-electron chi connectivity index (χ1n) is 2.43. The fourth-order valence-electron chi connectivity index (χ4n) is 0.599. The normalized spacial score (nSPS) is 22.7. The SMILES string of the molecule is FC(F)[C]1CCC1. The summed E-state index contributed by atoms with van der Waals surface area (Å²) in [4.78, 5) is 0. The minimum Gasteiger partial charge on any atom is -0.210 e. The molecule has 0 aromatic rings. The van der Waals surface area contributed by atoms with E-state index in [9.17, 15) is 8.78 Å². The topological polar surface area (TPSA) is 0 Å². The molecular formula is C5H7F2. The van der Waals surface area contributed by atoms with Crippen LogP contribution in [0.4, 0.5) is 8.78 Å². The molecule has 1 aliphatic rings. The molecule has 0 heterocycles. The van der Waals surface area contributed by atoms with E-state index in [4.69, 9.17) is 0 Å². The quantitative estimate of drug-likeness (QED) is 0.478. The van der Waals surface area contributed by atoms with Crippen molar-refractivity contribution in [2.24, 2.45) is 0 Å². The molecule has 1 radical (unpaired) electrons. The molecule has 41 valence electrons. The van der Waals surface area contributed by atoms with Crippen molar-refractivity contribution in [3.63, 3.8) is 0 Å².